The van der Waals surface area contributed by atoms with E-state index in [2.05, 4.69) is 84.5 Å². The van der Waals surface area contributed by atoms with Crippen LogP contribution in [0.3, 0.4) is 0 Å². The molecular formula is C28H40O2S2. The van der Waals surface area contributed by atoms with Crippen LogP contribution in [0.15, 0.2) is 42.5 Å². The second kappa shape index (κ2) is 11.7. The Balaban J connectivity index is 2.51. The van der Waals surface area contributed by atoms with Crippen molar-refractivity contribution in [2.75, 3.05) is 18.6 Å². The molecule has 0 bridgehead atoms. The summed E-state index contributed by atoms with van der Waals surface area (Å²) in [5, 5.41) is 0. The maximum atomic E-state index is 11.9. The standard InChI is InChI=1S/C28H40O2S2/c1-20(2)15-16-27(4,5)25-19-24(12-9-21(25)3)28(6,32-18-8-17-31)23-13-10-22(11-14-23)26(29)30-7/h9-14,19-20,31H,8,15-18H2,1-7H3. The first-order valence-electron chi connectivity index (χ1n) is 11.6. The van der Waals surface area contributed by atoms with Gasteiger partial charge in [0.2, 0.25) is 0 Å². The van der Waals surface area contributed by atoms with Crippen LogP contribution in [0, 0.1) is 12.8 Å². The molecule has 32 heavy (non-hydrogen) atoms. The lowest BCUT2D eigenvalue weighted by molar-refractivity contribution is 0.0600. The highest BCUT2D eigenvalue weighted by Crippen LogP contribution is 2.45. The summed E-state index contributed by atoms with van der Waals surface area (Å²) in [6, 6.07) is 14.9. The number of ether oxygens (including phenoxy) is 1. The number of carbonyl (C=O) groups excluding carboxylic acids is 1. The molecule has 176 valence electrons. The molecule has 0 spiro atoms. The van der Waals surface area contributed by atoms with Crippen LogP contribution in [0.1, 0.15) is 86.5 Å². The predicted molar refractivity (Wildman–Crippen MR) is 143 cm³/mol. The second-order valence-electron chi connectivity index (χ2n) is 9.87. The zero-order chi connectivity index (χ0) is 23.9. The number of aryl methyl sites for hydroxylation is 1. The van der Waals surface area contributed by atoms with E-state index in [0.29, 0.717) is 11.5 Å². The maximum absolute atomic E-state index is 11.9. The molecule has 0 aliphatic carbocycles. The summed E-state index contributed by atoms with van der Waals surface area (Å²) in [6.07, 6.45) is 3.45. The molecule has 0 aromatic heterocycles. The van der Waals surface area contributed by atoms with Gasteiger partial charge in [0.05, 0.1) is 17.4 Å². The van der Waals surface area contributed by atoms with Crippen LogP contribution in [-0.4, -0.2) is 24.6 Å². The minimum Gasteiger partial charge on any atom is -0.465 e. The first-order valence-corrected chi connectivity index (χ1v) is 13.2. The Bertz CT molecular complexity index is 887. The smallest absolute Gasteiger partial charge is 0.337 e. The van der Waals surface area contributed by atoms with Gasteiger partial charge in [-0.1, -0.05) is 64.4 Å². The summed E-state index contributed by atoms with van der Waals surface area (Å²) in [6.45, 7) is 13.9. The van der Waals surface area contributed by atoms with Crippen molar-refractivity contribution in [1.82, 2.24) is 0 Å². The topological polar surface area (TPSA) is 26.3 Å². The largest absolute Gasteiger partial charge is 0.465 e. The van der Waals surface area contributed by atoms with E-state index in [-0.39, 0.29) is 16.1 Å². The predicted octanol–water partition coefficient (Wildman–Crippen LogP) is 7.81. The molecule has 2 aromatic rings. The Kier molecular flexibility index (Phi) is 9.78. The van der Waals surface area contributed by atoms with E-state index in [0.717, 1.165) is 17.9 Å². The number of benzene rings is 2. The van der Waals surface area contributed by atoms with Gasteiger partial charge in [0.1, 0.15) is 0 Å². The molecule has 4 heteroatoms. The number of methoxy groups -OCH3 is 1. The highest BCUT2D eigenvalue weighted by Gasteiger charge is 2.32. The fourth-order valence-electron chi connectivity index (χ4n) is 4.15. The molecule has 0 heterocycles. The van der Waals surface area contributed by atoms with Gasteiger partial charge < -0.3 is 4.74 Å². The SMILES string of the molecule is COC(=O)c1ccc(C(C)(SCCCS)c2ccc(C)c(C(C)(C)CCC(C)C)c2)cc1. The summed E-state index contributed by atoms with van der Waals surface area (Å²) in [5.74, 6) is 2.31. The van der Waals surface area contributed by atoms with Gasteiger partial charge in [0.15, 0.2) is 0 Å². The van der Waals surface area contributed by atoms with E-state index in [4.69, 9.17) is 4.74 Å². The molecule has 0 amide bonds. The van der Waals surface area contributed by atoms with Crippen molar-refractivity contribution in [2.45, 2.75) is 71.0 Å². The molecule has 2 nitrogen and oxygen atoms in total. The van der Waals surface area contributed by atoms with Gasteiger partial charge in [-0.05, 0) is 83.9 Å². The quantitative estimate of drug-likeness (QED) is 0.205. The molecule has 2 aromatic carbocycles. The average molecular weight is 473 g/mol. The first-order chi connectivity index (χ1) is 15.0. The monoisotopic (exact) mass is 472 g/mol. The molecule has 1 atom stereocenters. The van der Waals surface area contributed by atoms with Gasteiger partial charge in [-0.2, -0.15) is 12.6 Å². The summed E-state index contributed by atoms with van der Waals surface area (Å²) in [5.41, 5.74) is 6.00. The number of hydrogen-bond donors (Lipinski definition) is 1. The van der Waals surface area contributed by atoms with Crippen molar-refractivity contribution >= 4 is 30.4 Å². The Morgan fingerprint density at radius 2 is 1.69 bits per heavy atom. The van der Waals surface area contributed by atoms with E-state index in [9.17, 15) is 4.79 Å². The van der Waals surface area contributed by atoms with Crippen LogP contribution < -0.4 is 0 Å². The normalized spacial score (nSPS) is 13.8. The Labute approximate surface area is 205 Å². The van der Waals surface area contributed by atoms with Gasteiger partial charge >= 0.3 is 5.97 Å². The zero-order valence-corrected chi connectivity index (χ0v) is 22.5. The molecule has 0 radical (unpaired) electrons. The third-order valence-electron chi connectivity index (χ3n) is 6.41. The number of esters is 1. The lowest BCUT2D eigenvalue weighted by atomic mass is 9.75. The van der Waals surface area contributed by atoms with E-state index in [1.165, 1.54) is 42.2 Å². The molecular weight excluding hydrogens is 432 g/mol. The van der Waals surface area contributed by atoms with Gasteiger partial charge in [0, 0.05) is 0 Å². The van der Waals surface area contributed by atoms with E-state index in [1.54, 1.807) is 0 Å². The van der Waals surface area contributed by atoms with Gasteiger partial charge in [-0.15, -0.1) is 11.8 Å². The molecule has 0 aliphatic heterocycles. The molecule has 0 saturated carbocycles. The first kappa shape index (κ1) is 26.9. The number of carbonyl (C=O) groups is 1. The van der Waals surface area contributed by atoms with E-state index >= 15 is 0 Å². The van der Waals surface area contributed by atoms with Gasteiger partial charge in [0.25, 0.3) is 0 Å². The second-order valence-corrected chi connectivity index (χ2v) is 11.8. The van der Waals surface area contributed by atoms with E-state index in [1.807, 2.05) is 23.9 Å². The maximum Gasteiger partial charge on any atom is 0.337 e. The summed E-state index contributed by atoms with van der Waals surface area (Å²) in [4.78, 5) is 11.9. The van der Waals surface area contributed by atoms with Gasteiger partial charge in [-0.3, -0.25) is 0 Å². The third kappa shape index (κ3) is 6.57. The summed E-state index contributed by atoms with van der Waals surface area (Å²) >= 11 is 6.37. The number of thioether (sulfide) groups is 1. The highest BCUT2D eigenvalue weighted by atomic mass is 32.2. The van der Waals surface area contributed by atoms with Crippen molar-refractivity contribution in [2.24, 2.45) is 5.92 Å². The van der Waals surface area contributed by atoms with Crippen molar-refractivity contribution in [1.29, 1.82) is 0 Å². The zero-order valence-electron chi connectivity index (χ0n) is 20.8. The third-order valence-corrected chi connectivity index (χ3v) is 8.27. The molecule has 1 unspecified atom stereocenters. The van der Waals surface area contributed by atoms with Crippen LogP contribution >= 0.6 is 24.4 Å². The number of hydrogen-bond acceptors (Lipinski definition) is 4. The molecule has 0 N–H and O–H groups in total. The van der Waals surface area contributed by atoms with Crippen LogP contribution in [0.2, 0.25) is 0 Å². The molecule has 0 aliphatic rings. The van der Waals surface area contributed by atoms with Crippen LogP contribution in [0.25, 0.3) is 0 Å². The van der Waals surface area contributed by atoms with Crippen LogP contribution in [-0.2, 0) is 14.9 Å². The summed E-state index contributed by atoms with van der Waals surface area (Å²) < 4.78 is 4.67. The highest BCUT2D eigenvalue weighted by molar-refractivity contribution is 8.00. The minimum atomic E-state index is -0.300. The van der Waals surface area contributed by atoms with E-state index < -0.39 is 0 Å². The van der Waals surface area contributed by atoms with Crippen molar-refractivity contribution in [3.63, 3.8) is 0 Å². The average Bonchev–Trinajstić information content (AvgIpc) is 2.77. The molecule has 0 saturated heterocycles. The lowest BCUT2D eigenvalue weighted by Crippen LogP contribution is -2.24. The number of thiol groups is 1. The number of rotatable bonds is 11. The van der Waals surface area contributed by atoms with Crippen LogP contribution in [0.4, 0.5) is 0 Å². The summed E-state index contributed by atoms with van der Waals surface area (Å²) in [7, 11) is 1.42. The fourth-order valence-corrected chi connectivity index (χ4v) is 5.81. The Morgan fingerprint density at radius 1 is 1.06 bits per heavy atom. The Morgan fingerprint density at radius 3 is 2.25 bits per heavy atom. The minimum absolute atomic E-state index is 0.121. The lowest BCUT2D eigenvalue weighted by Gasteiger charge is -2.34. The van der Waals surface area contributed by atoms with Crippen molar-refractivity contribution in [3.05, 3.63) is 70.3 Å². The molecule has 0 fully saturated rings. The van der Waals surface area contributed by atoms with Crippen LogP contribution in [0.5, 0.6) is 0 Å². The molecule has 2 rings (SSSR count). The van der Waals surface area contributed by atoms with Crippen molar-refractivity contribution < 1.29 is 9.53 Å². The fraction of sp³-hybridized carbons (Fsp3) is 0.536. The Hall–Kier alpha value is -1.39. The van der Waals surface area contributed by atoms with Gasteiger partial charge in [-0.25, -0.2) is 4.79 Å². The van der Waals surface area contributed by atoms with Crippen molar-refractivity contribution in [3.8, 4) is 0 Å².